The van der Waals surface area contributed by atoms with Crippen molar-refractivity contribution >= 4 is 7.32 Å². The number of rotatable bonds is 0. The van der Waals surface area contributed by atoms with Crippen LogP contribution >= 0.6 is 0 Å². The largest absolute Gasteiger partial charge is 0.631 e. The molecule has 1 aromatic rings. The van der Waals surface area contributed by atoms with Gasteiger partial charge in [0.15, 0.2) is 0 Å². The third-order valence-corrected chi connectivity index (χ3v) is 0.756. The molecule has 0 aromatic heterocycles. The Morgan fingerprint density at radius 1 is 0.909 bits per heavy atom. The lowest BCUT2D eigenvalue weighted by atomic mass is 10.3. The zero-order valence-corrected chi connectivity index (χ0v) is 5.75. The molecule has 60 valence electrons. The highest BCUT2D eigenvalue weighted by Crippen LogP contribution is 2.02. The standard InChI is InChI=1S/C6H6O.BH3O3/c7-6-4-2-1-3-5-6;2-1(3)4/h1-5,7H;2-4H. The molecule has 0 fully saturated rings. The quantitative estimate of drug-likeness (QED) is 0.376. The van der Waals surface area contributed by atoms with Crippen LogP contribution in [-0.2, 0) is 0 Å². The first-order valence-corrected chi connectivity index (χ1v) is 2.91. The van der Waals surface area contributed by atoms with Gasteiger partial charge in [-0.15, -0.1) is 0 Å². The van der Waals surface area contributed by atoms with Crippen LogP contribution in [-0.4, -0.2) is 27.5 Å². The third-order valence-electron chi connectivity index (χ3n) is 0.756. The first-order chi connectivity index (χ1) is 5.13. The molecule has 0 radical (unpaired) electrons. The van der Waals surface area contributed by atoms with Crippen LogP contribution in [0.2, 0.25) is 0 Å². The fourth-order valence-corrected chi connectivity index (χ4v) is 0.428. The zero-order valence-electron chi connectivity index (χ0n) is 5.75. The summed E-state index contributed by atoms with van der Waals surface area (Å²) in [5, 5.41) is 30.1. The van der Waals surface area contributed by atoms with Gasteiger partial charge in [0.25, 0.3) is 0 Å². The van der Waals surface area contributed by atoms with Gasteiger partial charge in [0.05, 0.1) is 0 Å². The van der Waals surface area contributed by atoms with E-state index in [0.29, 0.717) is 5.75 Å². The third kappa shape index (κ3) is 8.96. The normalized spacial score (nSPS) is 7.91. The molecule has 0 aliphatic heterocycles. The van der Waals surface area contributed by atoms with Crippen molar-refractivity contribution in [3.05, 3.63) is 30.3 Å². The fraction of sp³-hybridized carbons (Fsp3) is 0. The highest BCUT2D eigenvalue weighted by Gasteiger charge is 1.92. The maximum atomic E-state index is 8.63. The van der Waals surface area contributed by atoms with Crippen LogP contribution in [0.1, 0.15) is 0 Å². The van der Waals surface area contributed by atoms with Gasteiger partial charge in [0.1, 0.15) is 5.75 Å². The highest BCUT2D eigenvalue weighted by atomic mass is 16.5. The number of aromatic hydroxyl groups is 1. The molecule has 0 unspecified atom stereocenters. The number of phenols is 1. The molecule has 0 atom stereocenters. The van der Waals surface area contributed by atoms with Crippen molar-refractivity contribution in [2.45, 2.75) is 0 Å². The summed E-state index contributed by atoms with van der Waals surface area (Å²) < 4.78 is 0. The Kier molecular flexibility index (Phi) is 5.19. The maximum Gasteiger partial charge on any atom is 0.631 e. The summed E-state index contributed by atoms with van der Waals surface area (Å²) in [6, 6.07) is 8.71. The van der Waals surface area contributed by atoms with Crippen molar-refractivity contribution < 1.29 is 20.2 Å². The van der Waals surface area contributed by atoms with Gasteiger partial charge < -0.3 is 20.2 Å². The smallest absolute Gasteiger partial charge is 0.508 e. The maximum absolute atomic E-state index is 8.63. The van der Waals surface area contributed by atoms with Gasteiger partial charge in [0, 0.05) is 0 Å². The number of benzene rings is 1. The van der Waals surface area contributed by atoms with Crippen molar-refractivity contribution in [1.29, 1.82) is 0 Å². The van der Waals surface area contributed by atoms with E-state index in [2.05, 4.69) is 0 Å². The monoisotopic (exact) mass is 156 g/mol. The lowest BCUT2D eigenvalue weighted by Gasteiger charge is -1.82. The lowest BCUT2D eigenvalue weighted by molar-refractivity contribution is 0.278. The average Bonchev–Trinajstić information content (AvgIpc) is 1.87. The zero-order chi connectivity index (χ0) is 8.69. The predicted octanol–water partition coefficient (Wildman–Crippen LogP) is -0.660. The van der Waals surface area contributed by atoms with Crippen molar-refractivity contribution in [2.24, 2.45) is 0 Å². The van der Waals surface area contributed by atoms with Gasteiger partial charge in [-0.05, 0) is 12.1 Å². The Morgan fingerprint density at radius 2 is 1.27 bits per heavy atom. The Bertz CT molecular complexity index is 174. The first-order valence-electron chi connectivity index (χ1n) is 2.91. The number of phenolic OH excluding ortho intramolecular Hbond substituents is 1. The van der Waals surface area contributed by atoms with Gasteiger partial charge in [-0.3, -0.25) is 0 Å². The van der Waals surface area contributed by atoms with Gasteiger partial charge in [0.2, 0.25) is 0 Å². The highest BCUT2D eigenvalue weighted by molar-refractivity contribution is 6.30. The van der Waals surface area contributed by atoms with E-state index in [1.807, 2.05) is 6.07 Å². The van der Waals surface area contributed by atoms with Crippen LogP contribution in [0.5, 0.6) is 5.75 Å². The van der Waals surface area contributed by atoms with Crippen molar-refractivity contribution in [1.82, 2.24) is 0 Å². The second-order valence-electron chi connectivity index (χ2n) is 1.68. The number of hydrogen-bond donors (Lipinski definition) is 4. The van der Waals surface area contributed by atoms with E-state index in [1.165, 1.54) is 0 Å². The van der Waals surface area contributed by atoms with Crippen LogP contribution in [0.4, 0.5) is 0 Å². The Hall–Kier alpha value is -1.04. The number of para-hydroxylation sites is 1. The summed E-state index contributed by atoms with van der Waals surface area (Å²) in [4.78, 5) is 0. The molecule has 1 aromatic carbocycles. The molecule has 0 spiro atoms. The molecule has 0 saturated heterocycles. The molecule has 1 rings (SSSR count). The van der Waals surface area contributed by atoms with E-state index in [0.717, 1.165) is 0 Å². The minimum absolute atomic E-state index is 0.322. The van der Waals surface area contributed by atoms with Crippen molar-refractivity contribution in [2.75, 3.05) is 0 Å². The Balaban J connectivity index is 0.000000218. The van der Waals surface area contributed by atoms with Crippen molar-refractivity contribution in [3.8, 4) is 5.75 Å². The van der Waals surface area contributed by atoms with Gasteiger partial charge in [-0.2, -0.15) is 0 Å². The Morgan fingerprint density at radius 3 is 1.45 bits per heavy atom. The van der Waals surface area contributed by atoms with E-state index >= 15 is 0 Å². The minimum Gasteiger partial charge on any atom is -0.508 e. The first kappa shape index (κ1) is 9.96. The molecule has 0 aliphatic carbocycles. The topological polar surface area (TPSA) is 80.9 Å². The average molecular weight is 156 g/mol. The van der Waals surface area contributed by atoms with Gasteiger partial charge in [-0.25, -0.2) is 0 Å². The predicted molar refractivity (Wildman–Crippen MR) is 40.5 cm³/mol. The van der Waals surface area contributed by atoms with E-state index in [4.69, 9.17) is 20.2 Å². The minimum atomic E-state index is -2.17. The summed E-state index contributed by atoms with van der Waals surface area (Å²) in [6.07, 6.45) is 0. The molecule has 0 heterocycles. The fourth-order valence-electron chi connectivity index (χ4n) is 0.428. The molecule has 4 N–H and O–H groups in total. The molecule has 5 heteroatoms. The molecule has 11 heavy (non-hydrogen) atoms. The van der Waals surface area contributed by atoms with Gasteiger partial charge >= 0.3 is 7.32 Å². The lowest BCUT2D eigenvalue weighted by Crippen LogP contribution is -2.07. The van der Waals surface area contributed by atoms with Crippen molar-refractivity contribution in [3.63, 3.8) is 0 Å². The van der Waals surface area contributed by atoms with Crippen LogP contribution in [0.25, 0.3) is 0 Å². The summed E-state index contributed by atoms with van der Waals surface area (Å²) in [7, 11) is -2.17. The molecular weight excluding hydrogens is 147 g/mol. The summed E-state index contributed by atoms with van der Waals surface area (Å²) in [5.74, 6) is 0.322. The number of hydrogen-bond acceptors (Lipinski definition) is 4. The molecular formula is C6H9BO4. The van der Waals surface area contributed by atoms with E-state index < -0.39 is 7.32 Å². The summed E-state index contributed by atoms with van der Waals surface area (Å²) in [5.41, 5.74) is 0. The van der Waals surface area contributed by atoms with Gasteiger partial charge in [-0.1, -0.05) is 18.2 Å². The molecule has 0 amide bonds. The summed E-state index contributed by atoms with van der Waals surface area (Å²) >= 11 is 0. The van der Waals surface area contributed by atoms with Crippen LogP contribution < -0.4 is 0 Å². The van der Waals surface area contributed by atoms with E-state index in [9.17, 15) is 0 Å². The second kappa shape index (κ2) is 5.73. The van der Waals surface area contributed by atoms with Crippen LogP contribution in [0.3, 0.4) is 0 Å². The molecule has 0 aliphatic rings. The molecule has 4 nitrogen and oxygen atoms in total. The van der Waals surface area contributed by atoms with Crippen LogP contribution in [0, 0.1) is 0 Å². The van der Waals surface area contributed by atoms with Crippen LogP contribution in [0.15, 0.2) is 30.3 Å². The Labute approximate surface area is 64.5 Å². The second-order valence-corrected chi connectivity index (χ2v) is 1.68. The molecule has 0 bridgehead atoms. The molecule has 0 saturated carbocycles. The van der Waals surface area contributed by atoms with E-state index in [1.54, 1.807) is 24.3 Å². The summed E-state index contributed by atoms with van der Waals surface area (Å²) in [6.45, 7) is 0. The van der Waals surface area contributed by atoms with E-state index in [-0.39, 0.29) is 0 Å². The SMILES string of the molecule is OB(O)O.Oc1ccccc1.